The van der Waals surface area contributed by atoms with E-state index in [0.29, 0.717) is 5.92 Å². The minimum absolute atomic E-state index is 0.335. The molecular formula is C20H27N7O. The maximum Gasteiger partial charge on any atom is 0.225 e. The average molecular weight is 381 g/mol. The summed E-state index contributed by atoms with van der Waals surface area (Å²) in [4.78, 5) is 21.3. The van der Waals surface area contributed by atoms with Crippen LogP contribution in [-0.2, 0) is 6.54 Å². The molecule has 1 saturated heterocycles. The molecule has 0 aliphatic carbocycles. The van der Waals surface area contributed by atoms with Gasteiger partial charge in [-0.1, -0.05) is 5.16 Å². The van der Waals surface area contributed by atoms with Crippen LogP contribution in [0.3, 0.4) is 0 Å². The normalized spacial score (nSPS) is 17.8. The van der Waals surface area contributed by atoms with Crippen molar-refractivity contribution in [2.75, 3.05) is 32.1 Å². The first-order valence-corrected chi connectivity index (χ1v) is 9.70. The van der Waals surface area contributed by atoms with E-state index in [-0.39, 0.29) is 0 Å². The van der Waals surface area contributed by atoms with Gasteiger partial charge in [-0.25, -0.2) is 15.0 Å². The highest BCUT2D eigenvalue weighted by Crippen LogP contribution is 2.36. The summed E-state index contributed by atoms with van der Waals surface area (Å²) in [7, 11) is 3.94. The number of aromatic amines is 1. The first kappa shape index (κ1) is 18.6. The minimum Gasteiger partial charge on any atom is -0.361 e. The molecule has 1 N–H and O–H groups in total. The lowest BCUT2D eigenvalue weighted by atomic mass is 9.89. The molecule has 8 nitrogen and oxygen atoms in total. The molecule has 0 amide bonds. The summed E-state index contributed by atoms with van der Waals surface area (Å²) in [6.07, 6.45) is 7.81. The van der Waals surface area contributed by atoms with Crippen LogP contribution in [0.15, 0.2) is 23.2 Å². The van der Waals surface area contributed by atoms with E-state index in [4.69, 9.17) is 9.51 Å². The van der Waals surface area contributed by atoms with Crippen LogP contribution in [0.1, 0.15) is 41.6 Å². The molecule has 0 radical (unpaired) electrons. The highest BCUT2D eigenvalue weighted by molar-refractivity contribution is 5.70. The Balaban J connectivity index is 1.69. The Labute approximate surface area is 165 Å². The smallest absolute Gasteiger partial charge is 0.225 e. The monoisotopic (exact) mass is 381 g/mol. The number of nitrogens with one attached hydrogen (secondary N) is 1. The number of aromatic nitrogens is 5. The fourth-order valence-corrected chi connectivity index (χ4v) is 4.01. The number of likely N-dealkylation sites (tertiary alicyclic amines) is 1. The maximum absolute atomic E-state index is 5.42. The van der Waals surface area contributed by atoms with Gasteiger partial charge in [0.05, 0.1) is 23.3 Å². The molecular weight excluding hydrogens is 354 g/mol. The summed E-state index contributed by atoms with van der Waals surface area (Å²) in [5.41, 5.74) is 5.16. The summed E-state index contributed by atoms with van der Waals surface area (Å²) in [6, 6.07) is 0. The van der Waals surface area contributed by atoms with E-state index < -0.39 is 0 Å². The molecule has 3 aromatic rings. The molecule has 1 aliphatic heterocycles. The van der Waals surface area contributed by atoms with Crippen molar-refractivity contribution in [3.63, 3.8) is 0 Å². The number of aryl methyl sites for hydroxylation is 2. The van der Waals surface area contributed by atoms with Gasteiger partial charge in [0.2, 0.25) is 5.95 Å². The van der Waals surface area contributed by atoms with Gasteiger partial charge in [0, 0.05) is 56.8 Å². The Hall–Kier alpha value is -2.74. The molecule has 148 valence electrons. The molecule has 8 heteroatoms. The van der Waals surface area contributed by atoms with Crippen LogP contribution < -0.4 is 4.90 Å². The van der Waals surface area contributed by atoms with E-state index in [1.165, 1.54) is 0 Å². The van der Waals surface area contributed by atoms with Gasteiger partial charge in [0.15, 0.2) is 0 Å². The number of H-pyrrole nitrogens is 1. The Bertz CT molecular complexity index is 913. The molecule has 0 unspecified atom stereocenters. The minimum atomic E-state index is 0.335. The molecule has 0 saturated carbocycles. The highest BCUT2D eigenvalue weighted by atomic mass is 16.5. The standard InChI is InChI=1S/C20H27N7O/c1-13-18(14(2)28-25-13)17-9-22-20(26(3)4)24-19(17)15-6-5-7-27(10-15)11-16-8-21-12-23-16/h8-9,12,15H,5-7,10-11H2,1-4H3,(H,21,23)/t15-/m0/s1. The average Bonchev–Trinajstić information content (AvgIpc) is 3.31. The predicted octanol–water partition coefficient (Wildman–Crippen LogP) is 2.92. The molecule has 4 heterocycles. The van der Waals surface area contributed by atoms with Gasteiger partial charge < -0.3 is 14.4 Å². The molecule has 1 atom stereocenters. The molecule has 0 aromatic carbocycles. The van der Waals surface area contributed by atoms with Gasteiger partial charge >= 0.3 is 0 Å². The van der Waals surface area contributed by atoms with Crippen molar-refractivity contribution in [3.05, 3.63) is 41.6 Å². The Morgan fingerprint density at radius 1 is 1.29 bits per heavy atom. The van der Waals surface area contributed by atoms with Crippen molar-refractivity contribution in [2.24, 2.45) is 0 Å². The van der Waals surface area contributed by atoms with Gasteiger partial charge in [0.25, 0.3) is 0 Å². The molecule has 1 aliphatic rings. The Morgan fingerprint density at radius 3 is 2.82 bits per heavy atom. The van der Waals surface area contributed by atoms with Gasteiger partial charge in [0.1, 0.15) is 5.76 Å². The van der Waals surface area contributed by atoms with Gasteiger partial charge in [-0.05, 0) is 33.2 Å². The summed E-state index contributed by atoms with van der Waals surface area (Å²) < 4.78 is 5.42. The fraction of sp³-hybridized carbons (Fsp3) is 0.500. The Morgan fingerprint density at radius 2 is 2.14 bits per heavy atom. The lowest BCUT2D eigenvalue weighted by molar-refractivity contribution is 0.197. The molecule has 1 fully saturated rings. The van der Waals surface area contributed by atoms with Crippen molar-refractivity contribution in [1.29, 1.82) is 0 Å². The summed E-state index contributed by atoms with van der Waals surface area (Å²) >= 11 is 0. The number of nitrogens with zero attached hydrogens (tertiary/aromatic N) is 6. The second-order valence-electron chi connectivity index (χ2n) is 7.71. The maximum atomic E-state index is 5.42. The highest BCUT2D eigenvalue weighted by Gasteiger charge is 2.28. The van der Waals surface area contributed by atoms with Crippen LogP contribution in [0.25, 0.3) is 11.1 Å². The lowest BCUT2D eigenvalue weighted by Crippen LogP contribution is -2.34. The summed E-state index contributed by atoms with van der Waals surface area (Å²) in [5.74, 6) is 1.88. The second-order valence-corrected chi connectivity index (χ2v) is 7.71. The molecule has 28 heavy (non-hydrogen) atoms. The van der Waals surface area contributed by atoms with Crippen molar-refractivity contribution in [3.8, 4) is 11.1 Å². The Kier molecular flexibility index (Phi) is 5.13. The van der Waals surface area contributed by atoms with E-state index in [9.17, 15) is 0 Å². The number of piperidine rings is 1. The van der Waals surface area contributed by atoms with E-state index in [1.807, 2.05) is 45.2 Å². The number of hydrogen-bond acceptors (Lipinski definition) is 7. The van der Waals surface area contributed by atoms with Crippen LogP contribution in [0.2, 0.25) is 0 Å². The van der Waals surface area contributed by atoms with Gasteiger partial charge in [-0.15, -0.1) is 0 Å². The van der Waals surface area contributed by atoms with Gasteiger partial charge in [-0.2, -0.15) is 0 Å². The molecule has 4 rings (SSSR count). The van der Waals surface area contributed by atoms with Crippen LogP contribution >= 0.6 is 0 Å². The van der Waals surface area contributed by atoms with E-state index in [0.717, 1.165) is 72.4 Å². The lowest BCUT2D eigenvalue weighted by Gasteiger charge is -2.33. The molecule has 0 spiro atoms. The van der Waals surface area contributed by atoms with E-state index in [1.54, 1.807) is 6.33 Å². The predicted molar refractivity (Wildman–Crippen MR) is 107 cm³/mol. The number of hydrogen-bond donors (Lipinski definition) is 1. The number of rotatable bonds is 5. The SMILES string of the molecule is Cc1noc(C)c1-c1cnc(N(C)C)nc1[C@H]1CCCN(Cc2cnc[nH]2)C1. The zero-order valence-corrected chi connectivity index (χ0v) is 16.9. The zero-order valence-electron chi connectivity index (χ0n) is 16.9. The first-order valence-electron chi connectivity index (χ1n) is 9.70. The summed E-state index contributed by atoms with van der Waals surface area (Å²) in [6.45, 7) is 6.84. The third-order valence-corrected chi connectivity index (χ3v) is 5.35. The molecule has 0 bridgehead atoms. The van der Waals surface area contributed by atoms with Crippen molar-refractivity contribution in [2.45, 2.75) is 39.2 Å². The number of anilines is 1. The van der Waals surface area contributed by atoms with E-state index in [2.05, 4.69) is 25.0 Å². The topological polar surface area (TPSA) is 87.0 Å². The van der Waals surface area contributed by atoms with Crippen molar-refractivity contribution >= 4 is 5.95 Å². The quantitative estimate of drug-likeness (QED) is 0.727. The fourth-order valence-electron chi connectivity index (χ4n) is 4.01. The largest absolute Gasteiger partial charge is 0.361 e. The van der Waals surface area contributed by atoms with Crippen molar-refractivity contribution in [1.82, 2.24) is 30.0 Å². The number of imidazole rings is 1. The summed E-state index contributed by atoms with van der Waals surface area (Å²) in [5, 5.41) is 4.14. The first-order chi connectivity index (χ1) is 13.5. The van der Waals surface area contributed by atoms with Crippen LogP contribution in [-0.4, -0.2) is 57.2 Å². The third-order valence-electron chi connectivity index (χ3n) is 5.35. The van der Waals surface area contributed by atoms with Crippen LogP contribution in [0, 0.1) is 13.8 Å². The third kappa shape index (κ3) is 3.64. The molecule has 3 aromatic heterocycles. The van der Waals surface area contributed by atoms with Gasteiger partial charge in [-0.3, -0.25) is 4.90 Å². The van der Waals surface area contributed by atoms with Crippen LogP contribution in [0.4, 0.5) is 5.95 Å². The second kappa shape index (κ2) is 7.71. The van der Waals surface area contributed by atoms with E-state index >= 15 is 0 Å². The zero-order chi connectivity index (χ0) is 19.7. The van der Waals surface area contributed by atoms with Crippen LogP contribution in [0.5, 0.6) is 0 Å². The van der Waals surface area contributed by atoms with Crippen molar-refractivity contribution < 1.29 is 4.52 Å².